The van der Waals surface area contributed by atoms with Crippen LogP contribution < -0.4 is 5.32 Å². The van der Waals surface area contributed by atoms with E-state index in [1.54, 1.807) is 23.5 Å². The van der Waals surface area contributed by atoms with Crippen molar-refractivity contribution in [1.82, 2.24) is 10.3 Å². The summed E-state index contributed by atoms with van der Waals surface area (Å²) in [6.45, 7) is 0.435. The minimum atomic E-state index is -0.239. The minimum absolute atomic E-state index is 0.239. The zero-order valence-electron chi connectivity index (χ0n) is 14.2. The molecule has 0 aliphatic carbocycles. The summed E-state index contributed by atoms with van der Waals surface area (Å²) in [6, 6.07) is 21.5. The number of nitrogens with one attached hydrogen (secondary N) is 1. The van der Waals surface area contributed by atoms with Gasteiger partial charge in [-0.05, 0) is 33.6 Å². The number of carbonyl (C=O) groups excluding carboxylic acids is 1. The first kappa shape index (κ1) is 17.7. The second-order valence-electron chi connectivity index (χ2n) is 5.89. The summed E-state index contributed by atoms with van der Waals surface area (Å²) in [5, 5.41) is 5.89. The van der Waals surface area contributed by atoms with Gasteiger partial charge in [0.05, 0.1) is 5.69 Å². The lowest BCUT2D eigenvalue weighted by atomic mass is 10.1. The highest BCUT2D eigenvalue weighted by molar-refractivity contribution is 9.10. The Morgan fingerprint density at radius 1 is 1.00 bits per heavy atom. The summed E-state index contributed by atoms with van der Waals surface area (Å²) in [5.74, 6) is 0.0481. The fourth-order valence-corrected chi connectivity index (χ4v) is 3.76. The van der Waals surface area contributed by atoms with Crippen molar-refractivity contribution in [2.24, 2.45) is 0 Å². The summed E-state index contributed by atoms with van der Waals surface area (Å²) in [6.07, 6.45) is 0. The Morgan fingerprint density at radius 2 is 1.78 bits per heavy atom. The predicted octanol–water partition coefficient (Wildman–Crippen LogP) is 5.76. The van der Waals surface area contributed by atoms with Gasteiger partial charge in [0, 0.05) is 23.1 Å². The molecule has 2 aromatic heterocycles. The van der Waals surface area contributed by atoms with Gasteiger partial charge in [-0.1, -0.05) is 54.6 Å². The summed E-state index contributed by atoms with van der Waals surface area (Å²) in [4.78, 5) is 16.8. The highest BCUT2D eigenvalue weighted by Crippen LogP contribution is 2.28. The number of halogens is 1. The van der Waals surface area contributed by atoms with Gasteiger partial charge in [0.15, 0.2) is 10.4 Å². The molecular formula is C21H15BrN2O2S. The number of hydrogen-bond acceptors (Lipinski definition) is 4. The number of benzene rings is 2. The zero-order chi connectivity index (χ0) is 18.6. The number of furan rings is 1. The van der Waals surface area contributed by atoms with E-state index in [-0.39, 0.29) is 11.7 Å². The summed E-state index contributed by atoms with van der Waals surface area (Å²) < 4.78 is 5.78. The molecule has 0 fully saturated rings. The smallest absolute Gasteiger partial charge is 0.287 e. The molecule has 4 aromatic rings. The van der Waals surface area contributed by atoms with Crippen LogP contribution in [0.15, 0.2) is 81.2 Å². The van der Waals surface area contributed by atoms with Crippen LogP contribution in [0.4, 0.5) is 0 Å². The largest absolute Gasteiger partial charge is 0.444 e. The van der Waals surface area contributed by atoms with E-state index in [0.29, 0.717) is 11.2 Å². The van der Waals surface area contributed by atoms with E-state index in [0.717, 1.165) is 27.4 Å². The van der Waals surface area contributed by atoms with Crippen LogP contribution in [0, 0.1) is 0 Å². The maximum atomic E-state index is 12.0. The van der Waals surface area contributed by atoms with E-state index >= 15 is 0 Å². The Kier molecular flexibility index (Phi) is 5.18. The maximum Gasteiger partial charge on any atom is 0.287 e. The van der Waals surface area contributed by atoms with E-state index < -0.39 is 0 Å². The number of thiazole rings is 1. The van der Waals surface area contributed by atoms with E-state index in [1.165, 1.54) is 0 Å². The molecule has 4 rings (SSSR count). The first-order valence-electron chi connectivity index (χ1n) is 8.33. The molecular weight excluding hydrogens is 424 g/mol. The molecule has 0 saturated carbocycles. The number of hydrogen-bond donors (Lipinski definition) is 1. The minimum Gasteiger partial charge on any atom is -0.444 e. The van der Waals surface area contributed by atoms with Crippen molar-refractivity contribution in [2.75, 3.05) is 0 Å². The summed E-state index contributed by atoms with van der Waals surface area (Å²) >= 11 is 4.82. The molecule has 1 amide bonds. The first-order valence-corrected chi connectivity index (χ1v) is 10.00. The molecule has 0 bridgehead atoms. The van der Waals surface area contributed by atoms with Gasteiger partial charge in [-0.15, -0.1) is 11.3 Å². The summed E-state index contributed by atoms with van der Waals surface area (Å²) in [7, 11) is 0. The molecule has 2 aromatic carbocycles. The van der Waals surface area contributed by atoms with Crippen molar-refractivity contribution in [3.05, 3.63) is 88.1 Å². The molecule has 1 N–H and O–H groups in total. The third-order valence-electron chi connectivity index (χ3n) is 4.02. The molecule has 0 spiro atoms. The molecule has 0 aliphatic rings. The van der Waals surface area contributed by atoms with Crippen LogP contribution in [0.3, 0.4) is 0 Å². The van der Waals surface area contributed by atoms with Crippen LogP contribution in [0.25, 0.3) is 21.8 Å². The Bertz CT molecular complexity index is 1060. The average Bonchev–Trinajstić information content (AvgIpc) is 3.37. The second-order valence-corrected chi connectivity index (χ2v) is 7.53. The Balaban J connectivity index is 1.42. The number of nitrogens with zero attached hydrogens (tertiary/aromatic N) is 1. The highest BCUT2D eigenvalue weighted by atomic mass is 79.9. The van der Waals surface area contributed by atoms with Gasteiger partial charge < -0.3 is 9.73 Å². The lowest BCUT2D eigenvalue weighted by Gasteiger charge is -2.04. The van der Waals surface area contributed by atoms with Crippen LogP contribution in [-0.4, -0.2) is 10.9 Å². The molecule has 0 saturated heterocycles. The molecule has 0 atom stereocenters. The molecule has 0 unspecified atom stereocenters. The molecule has 0 aliphatic heterocycles. The molecule has 4 nitrogen and oxygen atoms in total. The van der Waals surface area contributed by atoms with Gasteiger partial charge in [0.2, 0.25) is 0 Å². The topological polar surface area (TPSA) is 55.1 Å². The van der Waals surface area contributed by atoms with E-state index in [2.05, 4.69) is 38.8 Å². The zero-order valence-corrected chi connectivity index (χ0v) is 16.6. The third kappa shape index (κ3) is 4.18. The first-order chi connectivity index (χ1) is 13.2. The molecule has 27 heavy (non-hydrogen) atoms. The Morgan fingerprint density at radius 3 is 2.48 bits per heavy atom. The summed E-state index contributed by atoms with van der Waals surface area (Å²) in [5.41, 5.74) is 4.17. The average molecular weight is 439 g/mol. The maximum absolute atomic E-state index is 12.0. The molecule has 6 heteroatoms. The van der Waals surface area contributed by atoms with Gasteiger partial charge in [-0.3, -0.25) is 4.79 Å². The number of carbonyl (C=O) groups is 1. The van der Waals surface area contributed by atoms with Crippen molar-refractivity contribution in [3.8, 4) is 21.8 Å². The van der Waals surface area contributed by atoms with Crippen molar-refractivity contribution in [3.63, 3.8) is 0 Å². The standard InChI is InChI=1S/C21H15BrN2O2S/c22-19-11-10-18(26-19)20(25)23-12-14-6-8-16(9-7-14)21-24-17(13-27-21)15-4-2-1-3-5-15/h1-11,13H,12H2,(H,23,25). The van der Waals surface area contributed by atoms with Crippen molar-refractivity contribution < 1.29 is 9.21 Å². The predicted molar refractivity (Wildman–Crippen MR) is 111 cm³/mol. The monoisotopic (exact) mass is 438 g/mol. The number of rotatable bonds is 5. The van der Waals surface area contributed by atoms with Crippen molar-refractivity contribution in [2.45, 2.75) is 6.54 Å². The number of amides is 1. The third-order valence-corrected chi connectivity index (χ3v) is 5.34. The van der Waals surface area contributed by atoms with E-state index in [4.69, 9.17) is 9.40 Å². The lowest BCUT2D eigenvalue weighted by molar-refractivity contribution is 0.0922. The van der Waals surface area contributed by atoms with E-state index in [1.807, 2.05) is 42.5 Å². The van der Waals surface area contributed by atoms with Gasteiger partial charge >= 0.3 is 0 Å². The van der Waals surface area contributed by atoms with Gasteiger partial charge in [-0.2, -0.15) is 0 Å². The molecule has 0 radical (unpaired) electrons. The van der Waals surface area contributed by atoms with Crippen LogP contribution in [0.2, 0.25) is 0 Å². The van der Waals surface area contributed by atoms with Crippen molar-refractivity contribution >= 4 is 33.2 Å². The fraction of sp³-hybridized carbons (Fsp3) is 0.0476. The van der Waals surface area contributed by atoms with Gasteiger partial charge in [0.1, 0.15) is 5.01 Å². The molecule has 2 heterocycles. The molecule has 134 valence electrons. The fourth-order valence-electron chi connectivity index (χ4n) is 2.62. The van der Waals surface area contributed by atoms with Gasteiger partial charge in [-0.25, -0.2) is 4.98 Å². The highest BCUT2D eigenvalue weighted by Gasteiger charge is 2.10. The lowest BCUT2D eigenvalue weighted by Crippen LogP contribution is -2.22. The Labute approximate surface area is 169 Å². The Hall–Kier alpha value is -2.70. The SMILES string of the molecule is O=C(NCc1ccc(-c2nc(-c3ccccc3)cs2)cc1)c1ccc(Br)o1. The quantitative estimate of drug-likeness (QED) is 0.430. The van der Waals surface area contributed by atoms with Gasteiger partial charge in [0.25, 0.3) is 5.91 Å². The normalized spacial score (nSPS) is 10.7. The van der Waals surface area contributed by atoms with E-state index in [9.17, 15) is 4.79 Å². The van der Waals surface area contributed by atoms with Crippen molar-refractivity contribution in [1.29, 1.82) is 0 Å². The van der Waals surface area contributed by atoms with Crippen LogP contribution >= 0.6 is 27.3 Å². The van der Waals surface area contributed by atoms with Crippen LogP contribution in [-0.2, 0) is 6.54 Å². The van der Waals surface area contributed by atoms with Crippen LogP contribution in [0.1, 0.15) is 16.1 Å². The number of aromatic nitrogens is 1. The second kappa shape index (κ2) is 7.90. The van der Waals surface area contributed by atoms with Crippen LogP contribution in [0.5, 0.6) is 0 Å².